The minimum atomic E-state index is -0.462. The topological polar surface area (TPSA) is 88.4 Å². The van der Waals surface area contributed by atoms with Crippen LogP contribution in [-0.2, 0) is 0 Å². The lowest BCUT2D eigenvalue weighted by molar-refractivity contribution is -0.385. The van der Waals surface area contributed by atoms with Crippen molar-refractivity contribution in [3.8, 4) is 0 Å². The molecule has 3 rings (SSSR count). The summed E-state index contributed by atoms with van der Waals surface area (Å²) in [6.45, 7) is 2.24. The summed E-state index contributed by atoms with van der Waals surface area (Å²) in [4.78, 5) is 28.5. The number of pyridine rings is 1. The van der Waals surface area contributed by atoms with Gasteiger partial charge in [-0.3, -0.25) is 14.9 Å². The van der Waals surface area contributed by atoms with Gasteiger partial charge < -0.3 is 10.2 Å². The minimum Gasteiger partial charge on any atom is -0.370 e. The number of carbonyl (C=O) groups is 1. The summed E-state index contributed by atoms with van der Waals surface area (Å²) in [5.74, 6) is 1.18. The lowest BCUT2D eigenvalue weighted by Gasteiger charge is -2.32. The molecule has 2 heterocycles. The van der Waals surface area contributed by atoms with Crippen molar-refractivity contribution in [1.82, 2.24) is 9.88 Å². The van der Waals surface area contributed by atoms with Gasteiger partial charge in [-0.1, -0.05) is 18.2 Å². The van der Waals surface area contributed by atoms with E-state index < -0.39 is 4.92 Å². The molecule has 130 valence electrons. The van der Waals surface area contributed by atoms with Gasteiger partial charge in [-0.05, 0) is 37.0 Å². The number of nitrogens with zero attached hydrogens (tertiary/aromatic N) is 3. The van der Waals surface area contributed by atoms with Crippen LogP contribution in [0.15, 0.2) is 48.7 Å². The van der Waals surface area contributed by atoms with Crippen molar-refractivity contribution in [2.75, 3.05) is 25.0 Å². The van der Waals surface area contributed by atoms with E-state index in [1.807, 2.05) is 35.2 Å². The molecule has 1 amide bonds. The molecule has 1 fully saturated rings. The molecular formula is C18H20N4O3. The summed E-state index contributed by atoms with van der Waals surface area (Å²) in [6.07, 6.45) is 3.11. The van der Waals surface area contributed by atoms with Crippen molar-refractivity contribution < 1.29 is 9.72 Å². The number of carbonyl (C=O) groups excluding carboxylic acids is 1. The molecule has 1 aliphatic heterocycles. The number of aromatic nitrogens is 1. The van der Waals surface area contributed by atoms with Crippen LogP contribution >= 0.6 is 0 Å². The zero-order valence-corrected chi connectivity index (χ0v) is 13.8. The van der Waals surface area contributed by atoms with Crippen LogP contribution in [-0.4, -0.2) is 40.3 Å². The predicted octanol–water partition coefficient (Wildman–Crippen LogP) is 2.95. The smallest absolute Gasteiger partial charge is 0.287 e. The van der Waals surface area contributed by atoms with Gasteiger partial charge in [0, 0.05) is 31.3 Å². The number of nitrogens with one attached hydrogen (secondary N) is 1. The Hall–Kier alpha value is -2.96. The number of anilines is 1. The van der Waals surface area contributed by atoms with Gasteiger partial charge >= 0.3 is 0 Å². The fourth-order valence-corrected chi connectivity index (χ4v) is 2.95. The van der Waals surface area contributed by atoms with E-state index in [1.54, 1.807) is 6.07 Å². The molecule has 2 aromatic rings. The largest absolute Gasteiger partial charge is 0.370 e. The predicted molar refractivity (Wildman–Crippen MR) is 94.5 cm³/mol. The normalized spacial score (nSPS) is 15.0. The fraction of sp³-hybridized carbons (Fsp3) is 0.333. The maximum Gasteiger partial charge on any atom is 0.287 e. The number of hydrogen-bond acceptors (Lipinski definition) is 5. The molecular weight excluding hydrogens is 320 g/mol. The van der Waals surface area contributed by atoms with E-state index in [4.69, 9.17) is 0 Å². The Morgan fingerprint density at radius 2 is 1.92 bits per heavy atom. The van der Waals surface area contributed by atoms with E-state index in [2.05, 4.69) is 10.3 Å². The van der Waals surface area contributed by atoms with Crippen LogP contribution in [0.3, 0.4) is 0 Å². The molecule has 0 atom stereocenters. The van der Waals surface area contributed by atoms with Crippen LogP contribution in [0.4, 0.5) is 11.5 Å². The van der Waals surface area contributed by atoms with Crippen LogP contribution in [0.1, 0.15) is 23.2 Å². The standard InChI is InChI=1S/C18H20N4O3/c23-18(15-4-2-1-3-5-15)21-10-8-14(9-11-21)12-19-17-7-6-16(13-20-17)22(24)25/h1-7,13-14H,8-12H2,(H,19,20). The molecule has 1 aromatic carbocycles. The second-order valence-corrected chi connectivity index (χ2v) is 6.14. The molecule has 0 saturated carbocycles. The van der Waals surface area contributed by atoms with Crippen LogP contribution in [0.2, 0.25) is 0 Å². The van der Waals surface area contributed by atoms with Gasteiger partial charge in [0.1, 0.15) is 12.0 Å². The molecule has 1 aromatic heterocycles. The van der Waals surface area contributed by atoms with Crippen molar-refractivity contribution in [3.63, 3.8) is 0 Å². The number of benzene rings is 1. The van der Waals surface area contributed by atoms with Crippen molar-refractivity contribution in [2.45, 2.75) is 12.8 Å². The Morgan fingerprint density at radius 3 is 2.52 bits per heavy atom. The third-order valence-electron chi connectivity index (χ3n) is 4.45. The quantitative estimate of drug-likeness (QED) is 0.668. The molecule has 25 heavy (non-hydrogen) atoms. The molecule has 0 unspecified atom stereocenters. The van der Waals surface area contributed by atoms with E-state index in [9.17, 15) is 14.9 Å². The van der Waals surface area contributed by atoms with Crippen LogP contribution in [0, 0.1) is 16.0 Å². The second kappa shape index (κ2) is 7.74. The van der Waals surface area contributed by atoms with Crippen molar-refractivity contribution in [3.05, 3.63) is 64.3 Å². The average molecular weight is 340 g/mol. The van der Waals surface area contributed by atoms with Gasteiger partial charge in [0.05, 0.1) is 4.92 Å². The molecule has 1 saturated heterocycles. The van der Waals surface area contributed by atoms with Gasteiger partial charge in [0.15, 0.2) is 0 Å². The molecule has 1 aliphatic rings. The summed E-state index contributed by atoms with van der Waals surface area (Å²) in [7, 11) is 0. The maximum absolute atomic E-state index is 12.4. The zero-order valence-electron chi connectivity index (χ0n) is 13.8. The number of amides is 1. The Labute approximate surface area is 145 Å². The van der Waals surface area contributed by atoms with Crippen molar-refractivity contribution >= 4 is 17.4 Å². The first-order valence-electron chi connectivity index (χ1n) is 8.32. The van der Waals surface area contributed by atoms with Crippen LogP contribution < -0.4 is 5.32 Å². The lowest BCUT2D eigenvalue weighted by atomic mass is 9.96. The van der Waals surface area contributed by atoms with Gasteiger partial charge in [-0.15, -0.1) is 0 Å². The fourth-order valence-electron chi connectivity index (χ4n) is 2.95. The van der Waals surface area contributed by atoms with Crippen molar-refractivity contribution in [2.24, 2.45) is 5.92 Å². The lowest BCUT2D eigenvalue weighted by Crippen LogP contribution is -2.39. The van der Waals surface area contributed by atoms with E-state index in [-0.39, 0.29) is 11.6 Å². The molecule has 0 bridgehead atoms. The maximum atomic E-state index is 12.4. The SMILES string of the molecule is O=C(c1ccccc1)N1CCC(CNc2ccc([N+](=O)[O-])cn2)CC1. The van der Waals surface area contributed by atoms with E-state index >= 15 is 0 Å². The number of piperidine rings is 1. The zero-order chi connectivity index (χ0) is 17.6. The van der Waals surface area contributed by atoms with E-state index in [0.29, 0.717) is 11.7 Å². The monoisotopic (exact) mass is 340 g/mol. The highest BCUT2D eigenvalue weighted by atomic mass is 16.6. The minimum absolute atomic E-state index is 0.0155. The van der Waals surface area contributed by atoms with Gasteiger partial charge in [0.2, 0.25) is 0 Å². The first-order valence-corrected chi connectivity index (χ1v) is 8.32. The molecule has 0 radical (unpaired) electrons. The van der Waals surface area contributed by atoms with Crippen molar-refractivity contribution in [1.29, 1.82) is 0 Å². The molecule has 0 aliphatic carbocycles. The van der Waals surface area contributed by atoms with Gasteiger partial charge in [-0.25, -0.2) is 4.98 Å². The summed E-state index contributed by atoms with van der Waals surface area (Å²) >= 11 is 0. The summed E-state index contributed by atoms with van der Waals surface area (Å²) in [5, 5.41) is 13.8. The summed E-state index contributed by atoms with van der Waals surface area (Å²) in [5.41, 5.74) is 0.715. The van der Waals surface area contributed by atoms with Crippen LogP contribution in [0.25, 0.3) is 0 Å². The van der Waals surface area contributed by atoms with Gasteiger partial charge in [-0.2, -0.15) is 0 Å². The Kier molecular flexibility index (Phi) is 5.23. The molecule has 1 N–H and O–H groups in total. The first kappa shape index (κ1) is 16.9. The number of nitro groups is 1. The van der Waals surface area contributed by atoms with Gasteiger partial charge in [0.25, 0.3) is 11.6 Å². The Bertz CT molecular complexity index is 726. The number of likely N-dealkylation sites (tertiary alicyclic amines) is 1. The highest BCUT2D eigenvalue weighted by Crippen LogP contribution is 2.20. The summed E-state index contributed by atoms with van der Waals surface area (Å²) < 4.78 is 0. The Balaban J connectivity index is 1.46. The highest BCUT2D eigenvalue weighted by molar-refractivity contribution is 5.94. The van der Waals surface area contributed by atoms with Crippen LogP contribution in [0.5, 0.6) is 0 Å². The van der Waals surface area contributed by atoms with E-state index in [1.165, 1.54) is 12.3 Å². The number of hydrogen-bond donors (Lipinski definition) is 1. The number of rotatable bonds is 5. The molecule has 7 heteroatoms. The van der Waals surface area contributed by atoms with E-state index in [0.717, 1.165) is 38.0 Å². The third-order valence-corrected chi connectivity index (χ3v) is 4.45. The first-order chi connectivity index (χ1) is 12.1. The summed E-state index contributed by atoms with van der Waals surface area (Å²) in [6, 6.07) is 12.4. The highest BCUT2D eigenvalue weighted by Gasteiger charge is 2.23. The third kappa shape index (κ3) is 4.32. The second-order valence-electron chi connectivity index (χ2n) is 6.14. The molecule has 0 spiro atoms. The average Bonchev–Trinajstić information content (AvgIpc) is 2.67. The Morgan fingerprint density at radius 1 is 1.20 bits per heavy atom. The molecule has 7 nitrogen and oxygen atoms in total.